The predicted octanol–water partition coefficient (Wildman–Crippen LogP) is 3.17. The van der Waals surface area contributed by atoms with E-state index in [1.54, 1.807) is 0 Å². The average Bonchev–Trinajstić information content (AvgIpc) is 2.15. The van der Waals surface area contributed by atoms with Crippen molar-refractivity contribution >= 4 is 30.0 Å². The molecular weight excluding hydrogens is 275 g/mol. The maximum absolute atomic E-state index is 12.4. The summed E-state index contributed by atoms with van der Waals surface area (Å²) < 4.78 is 24.9. The molecule has 0 saturated carbocycles. The maximum Gasteiger partial charge on any atom is 0.305 e. The Morgan fingerprint density at radius 3 is 2.35 bits per heavy atom. The fraction of sp³-hybridized carbons (Fsp3) is 0.300. The minimum atomic E-state index is -2.66. The smallest absolute Gasteiger partial charge is 0.305 e. The number of carboxylic acids is 1. The lowest BCUT2D eigenvalue weighted by Gasteiger charge is -2.11. The Morgan fingerprint density at radius 2 is 1.88 bits per heavy atom. The zero-order chi connectivity index (χ0) is 12.3. The van der Waals surface area contributed by atoms with Crippen molar-refractivity contribution in [1.29, 1.82) is 0 Å². The van der Waals surface area contributed by atoms with Crippen molar-refractivity contribution < 1.29 is 18.7 Å². The Hall–Kier alpha value is -0.910. The first-order chi connectivity index (χ1) is 7.40. The number of carbonyl (C=O) groups is 1. The Morgan fingerprint density at radius 1 is 1.35 bits per heavy atom. The summed E-state index contributed by atoms with van der Waals surface area (Å²) in [4.78, 5) is 10.4. The number of benzene rings is 1. The first kappa shape index (κ1) is 16.1. The van der Waals surface area contributed by atoms with E-state index in [-0.39, 0.29) is 29.4 Å². The Balaban J connectivity index is 0.00000256. The number of rotatable bonds is 4. The average molecular weight is 286 g/mol. The quantitative estimate of drug-likeness (QED) is 0.893. The molecule has 0 amide bonds. The molecule has 96 valence electrons. The van der Waals surface area contributed by atoms with Crippen LogP contribution in [0.15, 0.2) is 18.2 Å². The van der Waals surface area contributed by atoms with Gasteiger partial charge in [-0.15, -0.1) is 12.4 Å². The van der Waals surface area contributed by atoms with Crippen LogP contribution in [0.2, 0.25) is 5.02 Å². The molecule has 0 heterocycles. The van der Waals surface area contributed by atoms with Gasteiger partial charge in [-0.05, 0) is 23.8 Å². The van der Waals surface area contributed by atoms with E-state index in [9.17, 15) is 13.6 Å². The molecule has 1 unspecified atom stereocenters. The lowest BCUT2D eigenvalue weighted by molar-refractivity contribution is -0.137. The van der Waals surface area contributed by atoms with Crippen LogP contribution in [0.3, 0.4) is 0 Å². The predicted molar refractivity (Wildman–Crippen MR) is 62.8 cm³/mol. The van der Waals surface area contributed by atoms with Crippen LogP contribution in [0, 0.1) is 0 Å². The minimum Gasteiger partial charge on any atom is -0.481 e. The number of alkyl halides is 2. The molecule has 0 bridgehead atoms. The molecule has 3 nitrogen and oxygen atoms in total. The Labute approximate surface area is 108 Å². The van der Waals surface area contributed by atoms with Gasteiger partial charge >= 0.3 is 5.97 Å². The van der Waals surface area contributed by atoms with E-state index in [4.69, 9.17) is 22.4 Å². The van der Waals surface area contributed by atoms with Crippen molar-refractivity contribution in [1.82, 2.24) is 0 Å². The SMILES string of the molecule is Cl.NC(CC(=O)O)c1cc(Cl)cc(C(F)F)c1. The van der Waals surface area contributed by atoms with Crippen molar-refractivity contribution in [2.45, 2.75) is 18.9 Å². The highest BCUT2D eigenvalue weighted by atomic mass is 35.5. The molecule has 1 aromatic carbocycles. The van der Waals surface area contributed by atoms with Gasteiger partial charge in [0.05, 0.1) is 6.42 Å². The monoisotopic (exact) mass is 285 g/mol. The standard InChI is InChI=1S/C10H10ClF2NO2.ClH/c11-7-2-5(8(14)4-9(15)16)1-6(3-7)10(12)13;/h1-3,8,10H,4,14H2,(H,15,16);1H. The molecule has 0 spiro atoms. The van der Waals surface area contributed by atoms with E-state index < -0.39 is 18.4 Å². The van der Waals surface area contributed by atoms with Gasteiger partial charge in [-0.25, -0.2) is 8.78 Å². The molecule has 0 aliphatic heterocycles. The molecule has 1 rings (SSSR count). The van der Waals surface area contributed by atoms with Gasteiger partial charge in [-0.1, -0.05) is 11.6 Å². The summed E-state index contributed by atoms with van der Waals surface area (Å²) in [6.07, 6.45) is -2.99. The second-order valence-electron chi connectivity index (χ2n) is 3.32. The highest BCUT2D eigenvalue weighted by Crippen LogP contribution is 2.27. The minimum absolute atomic E-state index is 0. The zero-order valence-electron chi connectivity index (χ0n) is 8.57. The van der Waals surface area contributed by atoms with E-state index in [0.717, 1.165) is 6.07 Å². The fourth-order valence-corrected chi connectivity index (χ4v) is 1.53. The zero-order valence-corrected chi connectivity index (χ0v) is 10.1. The van der Waals surface area contributed by atoms with Gasteiger partial charge in [0, 0.05) is 16.6 Å². The van der Waals surface area contributed by atoms with Gasteiger partial charge in [0.25, 0.3) is 6.43 Å². The second kappa shape index (κ2) is 6.74. The summed E-state index contributed by atoms with van der Waals surface area (Å²) in [5.41, 5.74) is 5.59. The second-order valence-corrected chi connectivity index (χ2v) is 3.76. The van der Waals surface area contributed by atoms with Crippen LogP contribution in [0.1, 0.15) is 30.0 Å². The number of hydrogen-bond acceptors (Lipinski definition) is 2. The van der Waals surface area contributed by atoms with Crippen LogP contribution in [0.25, 0.3) is 0 Å². The number of aliphatic carboxylic acids is 1. The largest absolute Gasteiger partial charge is 0.481 e. The number of carboxylic acid groups (broad SMARTS) is 1. The van der Waals surface area contributed by atoms with Crippen molar-refractivity contribution in [3.05, 3.63) is 34.3 Å². The molecule has 0 aromatic heterocycles. The van der Waals surface area contributed by atoms with Crippen LogP contribution in [-0.2, 0) is 4.79 Å². The van der Waals surface area contributed by atoms with Crippen LogP contribution >= 0.6 is 24.0 Å². The van der Waals surface area contributed by atoms with E-state index >= 15 is 0 Å². The third-order valence-electron chi connectivity index (χ3n) is 2.02. The van der Waals surface area contributed by atoms with Crippen molar-refractivity contribution in [2.75, 3.05) is 0 Å². The summed E-state index contributed by atoms with van der Waals surface area (Å²) in [6.45, 7) is 0. The molecule has 0 radical (unpaired) electrons. The molecule has 0 saturated heterocycles. The summed E-state index contributed by atoms with van der Waals surface area (Å²) in [6, 6.07) is 2.85. The topological polar surface area (TPSA) is 63.3 Å². The molecule has 7 heteroatoms. The van der Waals surface area contributed by atoms with Crippen molar-refractivity contribution in [2.24, 2.45) is 5.73 Å². The normalized spacial score (nSPS) is 12.1. The highest BCUT2D eigenvalue weighted by Gasteiger charge is 2.15. The van der Waals surface area contributed by atoms with E-state index in [0.29, 0.717) is 5.56 Å². The summed E-state index contributed by atoms with van der Waals surface area (Å²) in [5.74, 6) is -1.09. The Kier molecular flexibility index (Phi) is 6.37. The number of halogens is 4. The number of hydrogen-bond donors (Lipinski definition) is 2. The lowest BCUT2D eigenvalue weighted by atomic mass is 10.0. The lowest BCUT2D eigenvalue weighted by Crippen LogP contribution is -2.15. The van der Waals surface area contributed by atoms with Crippen LogP contribution in [0.4, 0.5) is 8.78 Å². The van der Waals surface area contributed by atoms with E-state index in [1.807, 2.05) is 0 Å². The van der Waals surface area contributed by atoms with Crippen LogP contribution in [-0.4, -0.2) is 11.1 Å². The molecule has 0 fully saturated rings. The van der Waals surface area contributed by atoms with Gasteiger partial charge in [0.1, 0.15) is 0 Å². The molecule has 0 aliphatic rings. The molecule has 17 heavy (non-hydrogen) atoms. The van der Waals surface area contributed by atoms with Crippen molar-refractivity contribution in [3.63, 3.8) is 0 Å². The highest BCUT2D eigenvalue weighted by molar-refractivity contribution is 6.30. The molecule has 1 atom stereocenters. The van der Waals surface area contributed by atoms with Gasteiger partial charge in [0.15, 0.2) is 0 Å². The Bertz CT molecular complexity index is 402. The van der Waals surface area contributed by atoms with Crippen LogP contribution in [0.5, 0.6) is 0 Å². The summed E-state index contributed by atoms with van der Waals surface area (Å²) in [7, 11) is 0. The van der Waals surface area contributed by atoms with E-state index in [1.165, 1.54) is 12.1 Å². The first-order valence-corrected chi connectivity index (χ1v) is 4.84. The van der Waals surface area contributed by atoms with Crippen molar-refractivity contribution in [3.8, 4) is 0 Å². The van der Waals surface area contributed by atoms with Gasteiger partial charge in [0.2, 0.25) is 0 Å². The van der Waals surface area contributed by atoms with Gasteiger partial charge < -0.3 is 10.8 Å². The molecule has 0 aliphatic carbocycles. The van der Waals surface area contributed by atoms with Gasteiger partial charge in [-0.2, -0.15) is 0 Å². The molecule has 3 N–H and O–H groups in total. The fourth-order valence-electron chi connectivity index (χ4n) is 1.28. The maximum atomic E-state index is 12.4. The summed E-state index contributed by atoms with van der Waals surface area (Å²) in [5, 5.41) is 8.65. The van der Waals surface area contributed by atoms with E-state index in [2.05, 4.69) is 0 Å². The number of nitrogens with two attached hydrogens (primary N) is 1. The molecular formula is C10H11Cl2F2NO2. The summed E-state index contributed by atoms with van der Waals surface area (Å²) >= 11 is 5.64. The van der Waals surface area contributed by atoms with Crippen LogP contribution < -0.4 is 5.73 Å². The van der Waals surface area contributed by atoms with Gasteiger partial charge in [-0.3, -0.25) is 4.79 Å². The third kappa shape index (κ3) is 4.85. The third-order valence-corrected chi connectivity index (χ3v) is 2.24. The first-order valence-electron chi connectivity index (χ1n) is 4.46. The molecule has 1 aromatic rings.